The lowest BCUT2D eigenvalue weighted by Crippen LogP contribution is -2.46. The van der Waals surface area contributed by atoms with Crippen LogP contribution in [0.15, 0.2) is 0 Å². The van der Waals surface area contributed by atoms with Gasteiger partial charge in [0, 0.05) is 5.25 Å². The van der Waals surface area contributed by atoms with Crippen LogP contribution in [0.3, 0.4) is 0 Å². The largest absolute Gasteiger partial charge is 0.465 e. The summed E-state index contributed by atoms with van der Waals surface area (Å²) in [6.45, 7) is 10.5. The maximum Gasteiger partial charge on any atom is 0.325 e. The Labute approximate surface area is 103 Å². The second kappa shape index (κ2) is 7.17. The molecule has 0 bridgehead atoms. The zero-order chi connectivity index (χ0) is 12.8. The molecule has 0 aliphatic rings. The number of ether oxygens (including phenoxy) is 1. The van der Waals surface area contributed by atoms with Crippen LogP contribution in [0.1, 0.15) is 41.0 Å². The quantitative estimate of drug-likeness (QED) is 0.702. The molecule has 0 saturated carbocycles. The number of rotatable bonds is 7. The summed E-state index contributed by atoms with van der Waals surface area (Å²) in [4.78, 5) is 11.5. The van der Waals surface area contributed by atoms with Gasteiger partial charge in [0.1, 0.15) is 5.54 Å². The molecule has 3 nitrogen and oxygen atoms in total. The van der Waals surface area contributed by atoms with Gasteiger partial charge in [0.05, 0.1) is 6.61 Å². The zero-order valence-corrected chi connectivity index (χ0v) is 11.9. The predicted molar refractivity (Wildman–Crippen MR) is 70.6 cm³/mol. The average Bonchev–Trinajstić information content (AvgIpc) is 2.17. The lowest BCUT2D eigenvalue weighted by Gasteiger charge is -2.23. The van der Waals surface area contributed by atoms with E-state index in [1.807, 2.05) is 11.8 Å². The number of hydrogen-bond donors (Lipinski definition) is 1. The number of thioether (sulfide) groups is 1. The molecule has 2 N–H and O–H groups in total. The Kier molecular flexibility index (Phi) is 7.07. The molecule has 96 valence electrons. The van der Waals surface area contributed by atoms with Crippen molar-refractivity contribution in [1.82, 2.24) is 0 Å². The first-order valence-corrected chi connectivity index (χ1v) is 6.93. The van der Waals surface area contributed by atoms with E-state index in [4.69, 9.17) is 10.5 Å². The first-order valence-electron chi connectivity index (χ1n) is 5.89. The highest BCUT2D eigenvalue weighted by Crippen LogP contribution is 2.22. The SMILES string of the molecule is CCOC(=O)C(C)(N)CCSC(C)C(C)C. The second-order valence-electron chi connectivity index (χ2n) is 4.71. The van der Waals surface area contributed by atoms with E-state index in [-0.39, 0.29) is 5.97 Å². The summed E-state index contributed by atoms with van der Waals surface area (Å²) in [5.74, 6) is 1.25. The van der Waals surface area contributed by atoms with Gasteiger partial charge < -0.3 is 10.5 Å². The molecule has 0 spiro atoms. The summed E-state index contributed by atoms with van der Waals surface area (Å²) < 4.78 is 4.94. The fraction of sp³-hybridized carbons (Fsp3) is 0.917. The minimum Gasteiger partial charge on any atom is -0.465 e. The van der Waals surface area contributed by atoms with Crippen molar-refractivity contribution < 1.29 is 9.53 Å². The van der Waals surface area contributed by atoms with Crippen LogP contribution >= 0.6 is 11.8 Å². The molecule has 0 aromatic rings. The van der Waals surface area contributed by atoms with Crippen LogP contribution in [-0.4, -0.2) is 29.1 Å². The number of nitrogens with two attached hydrogens (primary N) is 1. The Hall–Kier alpha value is -0.220. The van der Waals surface area contributed by atoms with Gasteiger partial charge in [0.15, 0.2) is 0 Å². The molecule has 0 aliphatic heterocycles. The van der Waals surface area contributed by atoms with Crippen LogP contribution in [0.5, 0.6) is 0 Å². The summed E-state index contributed by atoms with van der Waals surface area (Å²) in [7, 11) is 0. The van der Waals surface area contributed by atoms with Gasteiger partial charge >= 0.3 is 5.97 Å². The van der Waals surface area contributed by atoms with Gasteiger partial charge in [0.25, 0.3) is 0 Å². The number of hydrogen-bond acceptors (Lipinski definition) is 4. The van der Waals surface area contributed by atoms with E-state index in [0.717, 1.165) is 5.75 Å². The van der Waals surface area contributed by atoms with Crippen LogP contribution in [0.4, 0.5) is 0 Å². The molecule has 0 aromatic carbocycles. The first kappa shape index (κ1) is 15.8. The maximum atomic E-state index is 11.5. The molecule has 2 atom stereocenters. The van der Waals surface area contributed by atoms with Crippen LogP contribution in [0.25, 0.3) is 0 Å². The number of esters is 1. The first-order chi connectivity index (χ1) is 7.31. The lowest BCUT2D eigenvalue weighted by molar-refractivity contribution is -0.149. The van der Waals surface area contributed by atoms with Crippen molar-refractivity contribution in [3.05, 3.63) is 0 Å². The Bertz CT molecular complexity index is 217. The van der Waals surface area contributed by atoms with Gasteiger partial charge in [0.2, 0.25) is 0 Å². The second-order valence-corrected chi connectivity index (χ2v) is 6.19. The van der Waals surface area contributed by atoms with Crippen LogP contribution in [0, 0.1) is 5.92 Å². The molecule has 0 saturated heterocycles. The standard InChI is InChI=1S/C12H25NO2S/c1-6-15-11(14)12(5,13)7-8-16-10(4)9(2)3/h9-10H,6-8,13H2,1-5H3. The fourth-order valence-electron chi connectivity index (χ4n) is 1.05. The Morgan fingerprint density at radius 2 is 2.00 bits per heavy atom. The highest BCUT2D eigenvalue weighted by atomic mass is 32.2. The van der Waals surface area contributed by atoms with Gasteiger partial charge in [-0.1, -0.05) is 20.8 Å². The van der Waals surface area contributed by atoms with Crippen molar-refractivity contribution in [2.24, 2.45) is 11.7 Å². The Balaban J connectivity index is 3.95. The topological polar surface area (TPSA) is 52.3 Å². The third-order valence-electron chi connectivity index (χ3n) is 2.68. The molecule has 0 aliphatic carbocycles. The van der Waals surface area contributed by atoms with Crippen molar-refractivity contribution in [1.29, 1.82) is 0 Å². The molecule has 0 heterocycles. The summed E-state index contributed by atoms with van der Waals surface area (Å²) >= 11 is 1.86. The van der Waals surface area contributed by atoms with E-state index in [0.29, 0.717) is 24.2 Å². The van der Waals surface area contributed by atoms with E-state index >= 15 is 0 Å². The van der Waals surface area contributed by atoms with Crippen LogP contribution in [-0.2, 0) is 9.53 Å². The molecule has 0 radical (unpaired) electrons. The van der Waals surface area contributed by atoms with Crippen molar-refractivity contribution in [3.8, 4) is 0 Å². The van der Waals surface area contributed by atoms with Gasteiger partial charge in [-0.2, -0.15) is 11.8 Å². The van der Waals surface area contributed by atoms with Gasteiger partial charge in [-0.05, 0) is 31.9 Å². The smallest absolute Gasteiger partial charge is 0.325 e. The van der Waals surface area contributed by atoms with E-state index < -0.39 is 5.54 Å². The van der Waals surface area contributed by atoms with E-state index in [1.54, 1.807) is 13.8 Å². The fourth-order valence-corrected chi connectivity index (χ4v) is 2.35. The van der Waals surface area contributed by atoms with Crippen molar-refractivity contribution in [2.45, 2.75) is 51.8 Å². The summed E-state index contributed by atoms with van der Waals surface area (Å²) in [5.41, 5.74) is 5.07. The lowest BCUT2D eigenvalue weighted by atomic mass is 10.0. The van der Waals surface area contributed by atoms with Crippen LogP contribution in [0.2, 0.25) is 0 Å². The molecule has 0 aromatic heterocycles. The average molecular weight is 247 g/mol. The summed E-state index contributed by atoms with van der Waals surface area (Å²) in [5, 5.41) is 0.595. The molecule has 0 amide bonds. The van der Waals surface area contributed by atoms with Crippen molar-refractivity contribution >= 4 is 17.7 Å². The number of carbonyl (C=O) groups is 1. The zero-order valence-electron chi connectivity index (χ0n) is 11.1. The van der Waals surface area contributed by atoms with Crippen LogP contribution < -0.4 is 5.73 Å². The molecule has 16 heavy (non-hydrogen) atoms. The van der Waals surface area contributed by atoms with E-state index in [1.165, 1.54) is 0 Å². The molecule has 4 heteroatoms. The van der Waals surface area contributed by atoms with Crippen molar-refractivity contribution in [3.63, 3.8) is 0 Å². The highest BCUT2D eigenvalue weighted by molar-refractivity contribution is 7.99. The normalized spacial score (nSPS) is 16.9. The molecular weight excluding hydrogens is 222 g/mol. The van der Waals surface area contributed by atoms with Crippen molar-refractivity contribution in [2.75, 3.05) is 12.4 Å². The molecular formula is C12H25NO2S. The van der Waals surface area contributed by atoms with E-state index in [2.05, 4.69) is 20.8 Å². The minimum atomic E-state index is -0.848. The highest BCUT2D eigenvalue weighted by Gasteiger charge is 2.29. The minimum absolute atomic E-state index is 0.298. The maximum absolute atomic E-state index is 11.5. The number of carbonyl (C=O) groups excluding carboxylic acids is 1. The Morgan fingerprint density at radius 3 is 2.44 bits per heavy atom. The molecule has 0 rings (SSSR count). The van der Waals surface area contributed by atoms with E-state index in [9.17, 15) is 4.79 Å². The van der Waals surface area contributed by atoms with Gasteiger partial charge in [-0.25, -0.2) is 0 Å². The monoisotopic (exact) mass is 247 g/mol. The van der Waals surface area contributed by atoms with Gasteiger partial charge in [-0.3, -0.25) is 4.79 Å². The Morgan fingerprint density at radius 1 is 1.44 bits per heavy atom. The predicted octanol–water partition coefficient (Wildman–Crippen LogP) is 2.43. The summed E-state index contributed by atoms with van der Waals surface area (Å²) in [6.07, 6.45) is 0.660. The third kappa shape index (κ3) is 5.75. The summed E-state index contributed by atoms with van der Waals surface area (Å²) in [6, 6.07) is 0. The van der Waals surface area contributed by atoms with Gasteiger partial charge in [-0.15, -0.1) is 0 Å². The molecule has 0 fully saturated rings. The molecule has 2 unspecified atom stereocenters. The third-order valence-corrected chi connectivity index (χ3v) is 4.19.